The van der Waals surface area contributed by atoms with E-state index in [0.29, 0.717) is 31.8 Å². The molecule has 2 atom stereocenters. The average molecular weight is 391 g/mol. The third-order valence-corrected chi connectivity index (χ3v) is 4.16. The van der Waals surface area contributed by atoms with Crippen LogP contribution in [0.15, 0.2) is 35.3 Å². The number of hydrogen-bond acceptors (Lipinski definition) is 4. The molecule has 28 heavy (non-hydrogen) atoms. The van der Waals surface area contributed by atoms with Crippen molar-refractivity contribution in [2.24, 2.45) is 28.1 Å². The highest BCUT2D eigenvalue weighted by atomic mass is 16.2. The Hall–Kier alpha value is -2.61. The van der Waals surface area contributed by atoms with E-state index < -0.39 is 12.1 Å². The minimum atomic E-state index is -0.675. The third kappa shape index (κ3) is 9.91. The number of rotatable bonds is 12. The van der Waals surface area contributed by atoms with Gasteiger partial charge in [0.2, 0.25) is 11.8 Å². The maximum Gasteiger partial charge on any atom is 0.242 e. The normalized spacial score (nSPS) is 12.9. The first-order valence-corrected chi connectivity index (χ1v) is 9.72. The molecule has 0 spiro atoms. The van der Waals surface area contributed by atoms with Crippen molar-refractivity contribution in [1.82, 2.24) is 10.6 Å². The Balaban J connectivity index is 2.62. The number of carbonyl (C=O) groups is 2. The summed E-state index contributed by atoms with van der Waals surface area (Å²) in [6.07, 6.45) is 2.46. The first-order valence-electron chi connectivity index (χ1n) is 9.72. The Kier molecular flexibility index (Phi) is 10.6. The highest BCUT2D eigenvalue weighted by Crippen LogP contribution is 2.06. The molecule has 0 aromatic heterocycles. The zero-order valence-corrected chi connectivity index (χ0v) is 16.9. The van der Waals surface area contributed by atoms with E-state index in [1.54, 1.807) is 0 Å². The van der Waals surface area contributed by atoms with Crippen molar-refractivity contribution in [3.63, 3.8) is 0 Å². The molecule has 2 amide bonds. The summed E-state index contributed by atoms with van der Waals surface area (Å²) in [7, 11) is 0. The van der Waals surface area contributed by atoms with E-state index in [2.05, 4.69) is 15.6 Å². The number of nitrogens with two attached hydrogens (primary N) is 3. The maximum absolute atomic E-state index is 12.6. The van der Waals surface area contributed by atoms with Crippen molar-refractivity contribution in [3.05, 3.63) is 35.9 Å². The van der Waals surface area contributed by atoms with Crippen molar-refractivity contribution in [1.29, 1.82) is 0 Å². The van der Waals surface area contributed by atoms with Gasteiger partial charge in [0.15, 0.2) is 5.96 Å². The Labute approximate surface area is 167 Å². The van der Waals surface area contributed by atoms with Crippen molar-refractivity contribution < 1.29 is 9.59 Å². The van der Waals surface area contributed by atoms with Gasteiger partial charge in [0.25, 0.3) is 0 Å². The number of aliphatic imine (C=N–C) groups is 1. The molecule has 0 unspecified atom stereocenters. The van der Waals surface area contributed by atoms with Crippen LogP contribution in [-0.2, 0) is 16.0 Å². The van der Waals surface area contributed by atoms with Crippen LogP contribution in [0.5, 0.6) is 0 Å². The number of amides is 2. The van der Waals surface area contributed by atoms with Crippen molar-refractivity contribution >= 4 is 17.8 Å². The molecule has 1 aromatic rings. The molecule has 8 heteroatoms. The lowest BCUT2D eigenvalue weighted by Crippen LogP contribution is -2.52. The third-order valence-electron chi connectivity index (χ3n) is 4.16. The number of nitrogens with zero attached hydrogens (tertiary/aromatic N) is 1. The van der Waals surface area contributed by atoms with E-state index in [1.165, 1.54) is 0 Å². The minimum Gasteiger partial charge on any atom is -0.370 e. The highest BCUT2D eigenvalue weighted by molar-refractivity contribution is 5.89. The largest absolute Gasteiger partial charge is 0.370 e. The van der Waals surface area contributed by atoms with E-state index in [1.807, 2.05) is 44.2 Å². The first-order chi connectivity index (χ1) is 13.3. The molecule has 0 bridgehead atoms. The summed E-state index contributed by atoms with van der Waals surface area (Å²) in [5, 5.41) is 5.68. The van der Waals surface area contributed by atoms with E-state index in [0.717, 1.165) is 18.4 Å². The topological polar surface area (TPSA) is 149 Å². The summed E-state index contributed by atoms with van der Waals surface area (Å²) in [5.74, 6) is -0.173. The summed E-state index contributed by atoms with van der Waals surface area (Å²) < 4.78 is 0. The smallest absolute Gasteiger partial charge is 0.242 e. The SMILES string of the molecule is CC(C)C[C@@H](N)C(=O)N[C@@H](Cc1ccccc1)C(=O)NCCCCN=C(N)N. The number of unbranched alkanes of at least 4 members (excludes halogenated alkanes) is 1. The standard InChI is InChI=1S/C20H34N6O2/c1-14(2)12-16(21)18(27)26-17(13-15-8-4-3-5-9-15)19(28)24-10-6-7-11-25-20(22)23/h3-5,8-9,14,16-17H,6-7,10-13,21H2,1-2H3,(H,24,28)(H,26,27)(H4,22,23,25)/t16-,17+/m1/s1. The summed E-state index contributed by atoms with van der Waals surface area (Å²) in [6, 6.07) is 8.26. The van der Waals surface area contributed by atoms with Crippen LogP contribution in [0.1, 0.15) is 38.7 Å². The lowest BCUT2D eigenvalue weighted by molar-refractivity contribution is -0.129. The fourth-order valence-electron chi connectivity index (χ4n) is 2.73. The summed E-state index contributed by atoms with van der Waals surface area (Å²) in [4.78, 5) is 28.9. The highest BCUT2D eigenvalue weighted by Gasteiger charge is 2.24. The zero-order chi connectivity index (χ0) is 20.9. The van der Waals surface area contributed by atoms with Gasteiger partial charge in [-0.3, -0.25) is 14.6 Å². The van der Waals surface area contributed by atoms with Gasteiger partial charge in [-0.1, -0.05) is 44.2 Å². The van der Waals surface area contributed by atoms with Crippen LogP contribution < -0.4 is 27.8 Å². The molecule has 8 nitrogen and oxygen atoms in total. The van der Waals surface area contributed by atoms with Gasteiger partial charge in [-0.2, -0.15) is 0 Å². The molecule has 0 fully saturated rings. The van der Waals surface area contributed by atoms with Crippen LogP contribution >= 0.6 is 0 Å². The lowest BCUT2D eigenvalue weighted by atomic mass is 10.0. The van der Waals surface area contributed by atoms with Crippen molar-refractivity contribution in [2.45, 2.75) is 51.6 Å². The Morgan fingerprint density at radius 3 is 2.36 bits per heavy atom. The fourth-order valence-corrected chi connectivity index (χ4v) is 2.73. The zero-order valence-electron chi connectivity index (χ0n) is 16.9. The van der Waals surface area contributed by atoms with E-state index in [4.69, 9.17) is 17.2 Å². The second-order valence-corrected chi connectivity index (χ2v) is 7.29. The number of carbonyl (C=O) groups excluding carboxylic acids is 2. The van der Waals surface area contributed by atoms with Gasteiger partial charge in [0, 0.05) is 19.5 Å². The maximum atomic E-state index is 12.6. The Bertz CT molecular complexity index is 629. The van der Waals surface area contributed by atoms with Gasteiger partial charge in [-0.05, 0) is 30.7 Å². The number of hydrogen-bond donors (Lipinski definition) is 5. The molecule has 0 saturated heterocycles. The predicted molar refractivity (Wildman–Crippen MR) is 112 cm³/mol. The second kappa shape index (κ2) is 12.7. The van der Waals surface area contributed by atoms with E-state index in [-0.39, 0.29) is 17.8 Å². The molecule has 8 N–H and O–H groups in total. The van der Waals surface area contributed by atoms with Crippen molar-refractivity contribution in [2.75, 3.05) is 13.1 Å². The molecule has 0 aliphatic carbocycles. The first kappa shape index (κ1) is 23.4. The summed E-state index contributed by atoms with van der Waals surface area (Å²) in [6.45, 7) is 5.01. The monoisotopic (exact) mass is 390 g/mol. The molecule has 156 valence electrons. The molecular formula is C20H34N6O2. The predicted octanol–water partition coefficient (Wildman–Crippen LogP) is 0.257. The van der Waals surface area contributed by atoms with Gasteiger partial charge >= 0.3 is 0 Å². The van der Waals surface area contributed by atoms with E-state index in [9.17, 15) is 9.59 Å². The average Bonchev–Trinajstić information content (AvgIpc) is 2.63. The summed E-state index contributed by atoms with van der Waals surface area (Å²) in [5.41, 5.74) is 17.5. The second-order valence-electron chi connectivity index (χ2n) is 7.29. The van der Waals surface area contributed by atoms with E-state index >= 15 is 0 Å². The molecule has 1 rings (SSSR count). The Morgan fingerprint density at radius 1 is 1.07 bits per heavy atom. The minimum absolute atomic E-state index is 0.0624. The summed E-state index contributed by atoms with van der Waals surface area (Å²) >= 11 is 0. The molecule has 0 saturated carbocycles. The molecule has 0 radical (unpaired) electrons. The molecular weight excluding hydrogens is 356 g/mol. The lowest BCUT2D eigenvalue weighted by Gasteiger charge is -2.21. The van der Waals surface area contributed by atoms with Crippen LogP contribution in [0.25, 0.3) is 0 Å². The van der Waals surface area contributed by atoms with Crippen molar-refractivity contribution in [3.8, 4) is 0 Å². The van der Waals surface area contributed by atoms with Gasteiger partial charge in [-0.15, -0.1) is 0 Å². The van der Waals surface area contributed by atoms with Crippen LogP contribution in [0.4, 0.5) is 0 Å². The molecule has 1 aromatic carbocycles. The fraction of sp³-hybridized carbons (Fsp3) is 0.550. The van der Waals surface area contributed by atoms with Gasteiger partial charge in [0.05, 0.1) is 6.04 Å². The number of benzene rings is 1. The molecule has 0 heterocycles. The van der Waals surface area contributed by atoms with Crippen LogP contribution in [0, 0.1) is 5.92 Å². The van der Waals surface area contributed by atoms with Crippen LogP contribution in [0.2, 0.25) is 0 Å². The van der Waals surface area contributed by atoms with Crippen LogP contribution in [-0.4, -0.2) is 42.9 Å². The Morgan fingerprint density at radius 2 is 1.75 bits per heavy atom. The number of guanidine groups is 1. The van der Waals surface area contributed by atoms with Gasteiger partial charge < -0.3 is 27.8 Å². The number of nitrogens with one attached hydrogen (secondary N) is 2. The molecule has 0 aliphatic rings. The quantitative estimate of drug-likeness (QED) is 0.197. The molecule has 0 aliphatic heterocycles. The van der Waals surface area contributed by atoms with Gasteiger partial charge in [0.1, 0.15) is 6.04 Å². The van der Waals surface area contributed by atoms with Gasteiger partial charge in [-0.25, -0.2) is 0 Å². The van der Waals surface area contributed by atoms with Crippen LogP contribution in [0.3, 0.4) is 0 Å².